The first-order valence-corrected chi connectivity index (χ1v) is 7.52. The van der Waals surface area contributed by atoms with Gasteiger partial charge in [-0.3, -0.25) is 0 Å². The molecule has 1 heterocycles. The van der Waals surface area contributed by atoms with Crippen LogP contribution in [-0.4, -0.2) is 16.1 Å². The molecule has 0 bridgehead atoms. The van der Waals surface area contributed by atoms with Crippen molar-refractivity contribution in [2.75, 3.05) is 0 Å². The number of ether oxygens (including phenoxy) is 1. The molecule has 3 nitrogen and oxygen atoms in total. The fourth-order valence-corrected chi connectivity index (χ4v) is 3.41. The largest absolute Gasteiger partial charge is 0.474 e. The molecule has 0 spiro atoms. The molecule has 1 aromatic heterocycles. The van der Waals surface area contributed by atoms with E-state index >= 15 is 0 Å². The van der Waals surface area contributed by atoms with Gasteiger partial charge in [-0.05, 0) is 37.0 Å². The summed E-state index contributed by atoms with van der Waals surface area (Å²) >= 11 is 6.17. The van der Waals surface area contributed by atoms with Crippen molar-refractivity contribution in [1.29, 1.82) is 0 Å². The molecule has 106 valence electrons. The van der Waals surface area contributed by atoms with E-state index in [0.29, 0.717) is 22.9 Å². The second-order valence-electron chi connectivity index (χ2n) is 6.20. The molecule has 2 rings (SSSR count). The van der Waals surface area contributed by atoms with Crippen molar-refractivity contribution in [3.8, 4) is 5.88 Å². The zero-order valence-electron chi connectivity index (χ0n) is 12.2. The van der Waals surface area contributed by atoms with Crippen molar-refractivity contribution >= 4 is 11.6 Å². The number of aromatic nitrogens is 2. The topological polar surface area (TPSA) is 35.0 Å². The molecular weight excluding hydrogens is 260 g/mol. The molecule has 0 saturated heterocycles. The van der Waals surface area contributed by atoms with Crippen molar-refractivity contribution in [2.45, 2.75) is 59.0 Å². The molecule has 0 aliphatic heterocycles. The lowest BCUT2D eigenvalue weighted by Gasteiger charge is -2.32. The third-order valence-corrected chi connectivity index (χ3v) is 4.09. The summed E-state index contributed by atoms with van der Waals surface area (Å²) in [4.78, 5) is 8.35. The zero-order valence-corrected chi connectivity index (χ0v) is 12.9. The highest BCUT2D eigenvalue weighted by atomic mass is 35.5. The van der Waals surface area contributed by atoms with Crippen LogP contribution in [0, 0.1) is 11.8 Å². The molecule has 19 heavy (non-hydrogen) atoms. The number of hydrogen-bond acceptors (Lipinski definition) is 3. The molecule has 1 aromatic rings. The van der Waals surface area contributed by atoms with Gasteiger partial charge in [0.2, 0.25) is 5.88 Å². The summed E-state index contributed by atoms with van der Waals surface area (Å²) < 4.78 is 6.13. The van der Waals surface area contributed by atoms with E-state index in [9.17, 15) is 0 Å². The first-order valence-electron chi connectivity index (χ1n) is 7.14. The van der Waals surface area contributed by atoms with Gasteiger partial charge < -0.3 is 4.74 Å². The number of nitrogens with zero attached hydrogens (tertiary/aromatic N) is 2. The Bertz CT molecular complexity index is 426. The van der Waals surface area contributed by atoms with Crippen molar-refractivity contribution < 1.29 is 4.74 Å². The normalized spacial score (nSPS) is 27.6. The van der Waals surface area contributed by atoms with Gasteiger partial charge in [-0.25, -0.2) is 9.97 Å². The lowest BCUT2D eigenvalue weighted by atomic mass is 9.82. The monoisotopic (exact) mass is 282 g/mol. The minimum absolute atomic E-state index is 0.252. The maximum Gasteiger partial charge on any atom is 0.221 e. The third-order valence-electron chi connectivity index (χ3n) is 3.79. The molecule has 4 heteroatoms. The molecule has 0 radical (unpaired) electrons. The van der Waals surface area contributed by atoms with Crippen LogP contribution in [0.3, 0.4) is 0 Å². The summed E-state index contributed by atoms with van der Waals surface area (Å²) in [5.74, 6) is 2.37. The molecule has 2 unspecified atom stereocenters. The van der Waals surface area contributed by atoms with E-state index in [2.05, 4.69) is 37.7 Å². The Morgan fingerprint density at radius 1 is 1.16 bits per heavy atom. The van der Waals surface area contributed by atoms with Gasteiger partial charge in [-0.15, -0.1) is 0 Å². The smallest absolute Gasteiger partial charge is 0.221 e. The summed E-state index contributed by atoms with van der Waals surface area (Å²) in [6.45, 7) is 8.76. The van der Waals surface area contributed by atoms with E-state index in [1.54, 1.807) is 0 Å². The molecule has 0 aromatic carbocycles. The molecule has 2 atom stereocenters. The fraction of sp³-hybridized carbons (Fsp3) is 0.733. The molecule has 1 saturated carbocycles. The van der Waals surface area contributed by atoms with Crippen LogP contribution in [0.25, 0.3) is 0 Å². The van der Waals surface area contributed by atoms with Crippen molar-refractivity contribution in [3.63, 3.8) is 0 Å². The molecule has 1 aliphatic rings. The SMILES string of the molecule is CC1CC(C)CC(Oc2ncnc(Cl)c2C(C)C)C1. The molecule has 0 N–H and O–H groups in total. The van der Waals surface area contributed by atoms with Gasteiger partial charge >= 0.3 is 0 Å². The lowest BCUT2D eigenvalue weighted by Crippen LogP contribution is -2.29. The number of rotatable bonds is 3. The van der Waals surface area contributed by atoms with Gasteiger partial charge in [0.25, 0.3) is 0 Å². The highest BCUT2D eigenvalue weighted by Crippen LogP contribution is 2.34. The van der Waals surface area contributed by atoms with E-state index in [4.69, 9.17) is 16.3 Å². The molecular formula is C15H23ClN2O. The van der Waals surface area contributed by atoms with Gasteiger partial charge in [0.15, 0.2) is 0 Å². The van der Waals surface area contributed by atoms with Crippen LogP contribution in [-0.2, 0) is 0 Å². The minimum Gasteiger partial charge on any atom is -0.474 e. The van der Waals surface area contributed by atoms with Crippen LogP contribution in [0.4, 0.5) is 0 Å². The number of hydrogen-bond donors (Lipinski definition) is 0. The van der Waals surface area contributed by atoms with Crippen LogP contribution >= 0.6 is 11.6 Å². The summed E-state index contributed by atoms with van der Waals surface area (Å²) in [5, 5.41) is 0.511. The van der Waals surface area contributed by atoms with Gasteiger partial charge in [0.05, 0.1) is 5.56 Å². The predicted molar refractivity (Wildman–Crippen MR) is 77.7 cm³/mol. The summed E-state index contributed by atoms with van der Waals surface area (Å²) in [7, 11) is 0. The molecule has 1 aliphatic carbocycles. The fourth-order valence-electron chi connectivity index (χ4n) is 3.07. The standard InChI is InChI=1S/C15H23ClN2O/c1-9(2)13-14(16)17-8-18-15(13)19-12-6-10(3)5-11(4)7-12/h8-12H,5-7H2,1-4H3. The van der Waals surface area contributed by atoms with Gasteiger partial charge in [-0.1, -0.05) is 39.3 Å². The highest BCUT2D eigenvalue weighted by molar-refractivity contribution is 6.30. The highest BCUT2D eigenvalue weighted by Gasteiger charge is 2.27. The van der Waals surface area contributed by atoms with Crippen LogP contribution in [0.5, 0.6) is 5.88 Å². The zero-order chi connectivity index (χ0) is 14.0. The Hall–Kier alpha value is -0.830. The minimum atomic E-state index is 0.252. The second kappa shape index (κ2) is 6.08. The maximum atomic E-state index is 6.17. The van der Waals surface area contributed by atoms with E-state index < -0.39 is 0 Å². The average Bonchev–Trinajstić information content (AvgIpc) is 2.26. The van der Waals surface area contributed by atoms with E-state index in [-0.39, 0.29) is 12.0 Å². The first kappa shape index (κ1) is 14.6. The number of halogens is 1. The van der Waals surface area contributed by atoms with Crippen LogP contribution in [0.2, 0.25) is 5.15 Å². The molecule has 0 amide bonds. The van der Waals surface area contributed by atoms with E-state index in [1.165, 1.54) is 12.7 Å². The third kappa shape index (κ3) is 3.59. The Labute approximate surface area is 120 Å². The van der Waals surface area contributed by atoms with Crippen LogP contribution in [0.15, 0.2) is 6.33 Å². The van der Waals surface area contributed by atoms with Gasteiger partial charge in [0, 0.05) is 0 Å². The average molecular weight is 283 g/mol. The predicted octanol–water partition coefficient (Wildman–Crippen LogP) is 4.46. The van der Waals surface area contributed by atoms with Crippen LogP contribution < -0.4 is 4.74 Å². The summed E-state index contributed by atoms with van der Waals surface area (Å²) in [6, 6.07) is 0. The Morgan fingerprint density at radius 3 is 2.37 bits per heavy atom. The summed E-state index contributed by atoms with van der Waals surface area (Å²) in [6.07, 6.45) is 5.23. The second-order valence-corrected chi connectivity index (χ2v) is 6.55. The van der Waals surface area contributed by atoms with Crippen molar-refractivity contribution in [2.24, 2.45) is 11.8 Å². The van der Waals surface area contributed by atoms with Crippen molar-refractivity contribution in [1.82, 2.24) is 9.97 Å². The van der Waals surface area contributed by atoms with Crippen LogP contribution in [0.1, 0.15) is 58.4 Å². The quantitative estimate of drug-likeness (QED) is 0.768. The Balaban J connectivity index is 2.17. The van der Waals surface area contributed by atoms with E-state index in [1.807, 2.05) is 0 Å². The van der Waals surface area contributed by atoms with E-state index in [0.717, 1.165) is 18.4 Å². The Morgan fingerprint density at radius 2 is 1.79 bits per heavy atom. The maximum absolute atomic E-state index is 6.17. The van der Waals surface area contributed by atoms with Crippen molar-refractivity contribution in [3.05, 3.63) is 17.0 Å². The van der Waals surface area contributed by atoms with Gasteiger partial charge in [0.1, 0.15) is 17.6 Å². The lowest BCUT2D eigenvalue weighted by molar-refractivity contribution is 0.0952. The molecule has 1 fully saturated rings. The van der Waals surface area contributed by atoms with Gasteiger partial charge in [-0.2, -0.15) is 0 Å². The first-order chi connectivity index (χ1) is 8.97. The Kier molecular flexibility index (Phi) is 4.67. The summed E-state index contributed by atoms with van der Waals surface area (Å²) in [5.41, 5.74) is 0.926.